The lowest BCUT2D eigenvalue weighted by molar-refractivity contribution is 0.0203. The molecule has 2 aromatic rings. The third-order valence-electron chi connectivity index (χ3n) is 5.35. The van der Waals surface area contributed by atoms with Gasteiger partial charge in [-0.3, -0.25) is 4.99 Å². The third kappa shape index (κ3) is 8.85. The molecule has 0 radical (unpaired) electrons. The van der Waals surface area contributed by atoms with Gasteiger partial charge in [0.15, 0.2) is 5.96 Å². The average molecular weight is 444 g/mol. The molecule has 6 nitrogen and oxygen atoms in total. The second-order valence-electron chi connectivity index (χ2n) is 7.90. The summed E-state index contributed by atoms with van der Waals surface area (Å²) in [6.45, 7) is 5.11. The van der Waals surface area contributed by atoms with E-state index in [4.69, 9.17) is 14.2 Å². The van der Waals surface area contributed by atoms with Gasteiger partial charge >= 0.3 is 0 Å². The number of rotatable bonds is 11. The monoisotopic (exact) mass is 443 g/mol. The molecule has 7 heteroatoms. The Morgan fingerprint density at radius 3 is 2.66 bits per heavy atom. The number of nitrogens with zero attached hydrogens (tertiary/aromatic N) is 1. The Morgan fingerprint density at radius 2 is 1.91 bits per heavy atom. The molecule has 32 heavy (non-hydrogen) atoms. The Morgan fingerprint density at radius 1 is 1.09 bits per heavy atom. The van der Waals surface area contributed by atoms with Gasteiger partial charge in [-0.25, -0.2) is 4.39 Å². The molecule has 0 spiro atoms. The molecule has 0 bridgehead atoms. The number of halogens is 1. The number of hydrogen-bond donors (Lipinski definition) is 2. The van der Waals surface area contributed by atoms with Crippen molar-refractivity contribution >= 4 is 5.96 Å². The summed E-state index contributed by atoms with van der Waals surface area (Å²) in [6.07, 6.45) is 3.14. The Balaban J connectivity index is 1.28. The maximum absolute atomic E-state index is 13.2. The molecule has 0 saturated carbocycles. The smallest absolute Gasteiger partial charge is 0.191 e. The van der Waals surface area contributed by atoms with Gasteiger partial charge in [0.1, 0.15) is 18.2 Å². The highest BCUT2D eigenvalue weighted by atomic mass is 19.1. The van der Waals surface area contributed by atoms with Crippen LogP contribution in [0.3, 0.4) is 0 Å². The van der Waals surface area contributed by atoms with Gasteiger partial charge < -0.3 is 24.8 Å². The quantitative estimate of drug-likeness (QED) is 0.313. The van der Waals surface area contributed by atoms with Crippen LogP contribution >= 0.6 is 0 Å². The highest BCUT2D eigenvalue weighted by Crippen LogP contribution is 2.15. The zero-order chi connectivity index (χ0) is 22.4. The third-order valence-corrected chi connectivity index (χ3v) is 5.35. The molecule has 0 aliphatic carbocycles. The molecule has 1 saturated heterocycles. The van der Waals surface area contributed by atoms with Crippen molar-refractivity contribution in [1.29, 1.82) is 0 Å². The van der Waals surface area contributed by atoms with E-state index in [0.29, 0.717) is 19.1 Å². The van der Waals surface area contributed by atoms with Crippen LogP contribution in [0.4, 0.5) is 4.39 Å². The maximum Gasteiger partial charge on any atom is 0.191 e. The van der Waals surface area contributed by atoms with E-state index in [9.17, 15) is 4.39 Å². The van der Waals surface area contributed by atoms with Gasteiger partial charge in [0.05, 0.1) is 0 Å². The lowest BCUT2D eigenvalue weighted by Gasteiger charge is -2.21. The molecule has 0 aromatic heterocycles. The van der Waals surface area contributed by atoms with Crippen molar-refractivity contribution in [3.63, 3.8) is 0 Å². The van der Waals surface area contributed by atoms with Gasteiger partial charge in [0.25, 0.3) is 0 Å². The Bertz CT molecular complexity index is 823. The first kappa shape index (κ1) is 24.0. The lowest BCUT2D eigenvalue weighted by atomic mass is 10.0. The molecule has 0 atom stereocenters. The van der Waals surface area contributed by atoms with Crippen molar-refractivity contribution in [1.82, 2.24) is 10.6 Å². The van der Waals surface area contributed by atoms with Crippen molar-refractivity contribution in [3.05, 3.63) is 65.5 Å². The molecule has 174 valence electrons. The summed E-state index contributed by atoms with van der Waals surface area (Å²) in [5.74, 6) is 1.91. The zero-order valence-corrected chi connectivity index (χ0v) is 18.8. The zero-order valence-electron chi connectivity index (χ0n) is 18.8. The van der Waals surface area contributed by atoms with Gasteiger partial charge in [-0.05, 0) is 60.6 Å². The summed E-state index contributed by atoms with van der Waals surface area (Å²) in [4.78, 5) is 4.27. The van der Waals surface area contributed by atoms with Gasteiger partial charge in [0, 0.05) is 46.6 Å². The van der Waals surface area contributed by atoms with E-state index in [1.807, 2.05) is 30.3 Å². The van der Waals surface area contributed by atoms with Gasteiger partial charge in [-0.2, -0.15) is 0 Å². The van der Waals surface area contributed by atoms with E-state index in [2.05, 4.69) is 15.6 Å². The molecule has 2 N–H and O–H groups in total. The highest BCUT2D eigenvalue weighted by molar-refractivity contribution is 5.79. The van der Waals surface area contributed by atoms with Crippen LogP contribution < -0.4 is 15.4 Å². The Hall–Kier alpha value is -2.64. The summed E-state index contributed by atoms with van der Waals surface area (Å²) in [7, 11) is 1.76. The minimum absolute atomic E-state index is 0.253. The molecular formula is C25H34FN3O3. The Kier molecular flexibility index (Phi) is 10.3. The second kappa shape index (κ2) is 13.7. The van der Waals surface area contributed by atoms with E-state index in [0.717, 1.165) is 75.1 Å². The van der Waals surface area contributed by atoms with E-state index >= 15 is 0 Å². The molecule has 1 aliphatic heterocycles. The molecule has 3 rings (SSSR count). The van der Waals surface area contributed by atoms with Gasteiger partial charge in [0.2, 0.25) is 0 Å². The van der Waals surface area contributed by atoms with Gasteiger partial charge in [-0.15, -0.1) is 0 Å². The molecule has 1 heterocycles. The van der Waals surface area contributed by atoms with Crippen molar-refractivity contribution in [2.45, 2.75) is 32.4 Å². The molecule has 0 unspecified atom stereocenters. The first-order chi connectivity index (χ1) is 15.7. The normalized spacial score (nSPS) is 14.9. The van der Waals surface area contributed by atoms with Crippen LogP contribution in [0, 0.1) is 11.7 Å². The Labute approximate surface area is 190 Å². The predicted octanol–water partition coefficient (Wildman–Crippen LogP) is 3.90. The minimum atomic E-state index is -0.253. The van der Waals surface area contributed by atoms with Crippen LogP contribution in [0.5, 0.6) is 5.75 Å². The number of benzene rings is 2. The molecule has 1 fully saturated rings. The van der Waals surface area contributed by atoms with Crippen LogP contribution in [0.25, 0.3) is 0 Å². The van der Waals surface area contributed by atoms with Crippen LogP contribution in [-0.4, -0.2) is 46.0 Å². The van der Waals surface area contributed by atoms with Crippen LogP contribution in [-0.2, 0) is 22.6 Å². The van der Waals surface area contributed by atoms with Crippen LogP contribution in [0.1, 0.15) is 30.4 Å². The molecule has 1 aliphatic rings. The number of ether oxygens (including phenoxy) is 3. The van der Waals surface area contributed by atoms with Crippen LogP contribution in [0.2, 0.25) is 0 Å². The summed E-state index contributed by atoms with van der Waals surface area (Å²) in [6, 6.07) is 14.3. The number of nitrogens with one attached hydrogen (secondary N) is 2. The van der Waals surface area contributed by atoms with Crippen molar-refractivity contribution in [2.24, 2.45) is 10.9 Å². The van der Waals surface area contributed by atoms with Crippen LogP contribution in [0.15, 0.2) is 53.5 Å². The second-order valence-corrected chi connectivity index (χ2v) is 7.90. The molecule has 0 amide bonds. The first-order valence-corrected chi connectivity index (χ1v) is 11.3. The summed E-state index contributed by atoms with van der Waals surface area (Å²) < 4.78 is 30.1. The topological polar surface area (TPSA) is 64.1 Å². The van der Waals surface area contributed by atoms with Crippen molar-refractivity contribution in [2.75, 3.05) is 40.0 Å². The molecular weight excluding hydrogens is 409 g/mol. The van der Waals surface area contributed by atoms with E-state index < -0.39 is 0 Å². The van der Waals surface area contributed by atoms with Crippen molar-refractivity contribution < 1.29 is 18.6 Å². The number of guanidine groups is 1. The van der Waals surface area contributed by atoms with E-state index in [1.54, 1.807) is 13.1 Å². The van der Waals surface area contributed by atoms with Crippen molar-refractivity contribution in [3.8, 4) is 5.75 Å². The lowest BCUT2D eigenvalue weighted by Crippen LogP contribution is -2.37. The highest BCUT2D eigenvalue weighted by Gasteiger charge is 2.13. The number of aliphatic imine (C=N–C) groups is 1. The fourth-order valence-corrected chi connectivity index (χ4v) is 3.45. The molecule has 2 aromatic carbocycles. The van der Waals surface area contributed by atoms with E-state index in [1.165, 1.54) is 12.1 Å². The standard InChI is InChI=1S/C25H34FN3O3/c1-27-25(28-12-3-13-31-18-21-10-14-30-15-11-21)29-17-20-6-8-24(9-7-20)32-19-22-4-2-5-23(26)16-22/h2,4-9,16,21H,3,10-15,17-19H2,1H3,(H2,27,28,29). The number of hydrogen-bond acceptors (Lipinski definition) is 4. The summed E-state index contributed by atoms with van der Waals surface area (Å²) in [5.41, 5.74) is 1.92. The first-order valence-electron chi connectivity index (χ1n) is 11.3. The largest absolute Gasteiger partial charge is 0.489 e. The fraction of sp³-hybridized carbons (Fsp3) is 0.480. The minimum Gasteiger partial charge on any atom is -0.489 e. The predicted molar refractivity (Wildman–Crippen MR) is 124 cm³/mol. The SMILES string of the molecule is CN=C(NCCCOCC1CCOCC1)NCc1ccc(OCc2cccc(F)c2)cc1. The summed E-state index contributed by atoms with van der Waals surface area (Å²) in [5, 5.41) is 6.63. The van der Waals surface area contributed by atoms with E-state index in [-0.39, 0.29) is 5.82 Å². The average Bonchev–Trinajstić information content (AvgIpc) is 2.83. The fourth-order valence-electron chi connectivity index (χ4n) is 3.45. The maximum atomic E-state index is 13.2. The summed E-state index contributed by atoms with van der Waals surface area (Å²) >= 11 is 0. The van der Waals surface area contributed by atoms with Gasteiger partial charge in [-0.1, -0.05) is 24.3 Å².